The summed E-state index contributed by atoms with van der Waals surface area (Å²) in [5, 5.41) is 8.59. The predicted molar refractivity (Wildman–Crippen MR) is 87.6 cm³/mol. The monoisotopic (exact) mass is 357 g/mol. The fraction of sp³-hybridized carbons (Fsp3) is 0.467. The summed E-state index contributed by atoms with van der Waals surface area (Å²) < 4.78 is 35.7. The molecule has 2 aromatic rings. The third-order valence-electron chi connectivity index (χ3n) is 4.47. The summed E-state index contributed by atoms with van der Waals surface area (Å²) in [4.78, 5) is 0.311. The van der Waals surface area contributed by atoms with Crippen molar-refractivity contribution in [2.45, 2.75) is 48.2 Å². The molecule has 5 nitrogen and oxygen atoms in total. The van der Waals surface area contributed by atoms with Crippen molar-refractivity contribution in [1.29, 1.82) is 0 Å². The van der Waals surface area contributed by atoms with Crippen LogP contribution in [0.25, 0.3) is 10.9 Å². The molecule has 3 rings (SSSR count). The Hall–Kier alpha value is -1.15. The molecule has 0 radical (unpaired) electrons. The first-order chi connectivity index (χ1) is 10.8. The fourth-order valence-corrected chi connectivity index (χ4v) is 3.96. The van der Waals surface area contributed by atoms with E-state index in [1.165, 1.54) is 13.1 Å². The van der Waals surface area contributed by atoms with Crippen LogP contribution in [0, 0.1) is 0 Å². The maximum atomic E-state index is 14.6. The number of aryl methyl sites for hydroxylation is 1. The molecular formula is C15H17ClFN3O2S. The second-order valence-corrected chi connectivity index (χ2v) is 7.52. The molecule has 8 heteroatoms. The van der Waals surface area contributed by atoms with Crippen LogP contribution in [0.5, 0.6) is 0 Å². The molecule has 1 heterocycles. The minimum atomic E-state index is -2.12. The van der Waals surface area contributed by atoms with Crippen molar-refractivity contribution in [2.24, 2.45) is 5.73 Å². The number of benzene rings is 1. The number of nitrogens with two attached hydrogens (primary N) is 1. The number of rotatable bonds is 4. The van der Waals surface area contributed by atoms with Crippen LogP contribution in [0.3, 0.4) is 0 Å². The van der Waals surface area contributed by atoms with Gasteiger partial charge in [-0.1, -0.05) is 0 Å². The highest BCUT2D eigenvalue weighted by Crippen LogP contribution is 2.44. The Balaban J connectivity index is 2.13. The SMILES string of the molecule is CC(F)(CC1CCc2cc(S(=O)O)c3ccnnc3c21)C(N)Cl. The van der Waals surface area contributed by atoms with Crippen LogP contribution in [0.15, 0.2) is 23.2 Å². The minimum Gasteiger partial charge on any atom is -0.313 e. The Morgan fingerprint density at radius 3 is 3.04 bits per heavy atom. The number of hydrogen-bond donors (Lipinski definition) is 2. The van der Waals surface area contributed by atoms with E-state index in [-0.39, 0.29) is 12.3 Å². The Bertz CT molecular complexity index is 785. The Morgan fingerprint density at radius 1 is 1.65 bits per heavy atom. The normalized spacial score (nSPS) is 22.6. The van der Waals surface area contributed by atoms with Crippen LogP contribution in [0.4, 0.5) is 4.39 Å². The van der Waals surface area contributed by atoms with Gasteiger partial charge in [-0.05, 0) is 55.4 Å². The van der Waals surface area contributed by atoms with Gasteiger partial charge >= 0.3 is 0 Å². The van der Waals surface area contributed by atoms with Gasteiger partial charge in [-0.2, -0.15) is 10.2 Å². The van der Waals surface area contributed by atoms with Crippen molar-refractivity contribution in [1.82, 2.24) is 10.2 Å². The Kier molecular flexibility index (Phi) is 4.39. The molecule has 0 spiro atoms. The molecule has 1 aliphatic carbocycles. The number of halogens is 2. The smallest absolute Gasteiger partial charge is 0.187 e. The molecule has 1 aromatic heterocycles. The zero-order chi connectivity index (χ0) is 16.8. The molecule has 4 atom stereocenters. The van der Waals surface area contributed by atoms with E-state index < -0.39 is 22.3 Å². The quantitative estimate of drug-likeness (QED) is 0.499. The first-order valence-electron chi connectivity index (χ1n) is 7.28. The van der Waals surface area contributed by atoms with Crippen LogP contribution in [-0.2, 0) is 17.5 Å². The summed E-state index contributed by atoms with van der Waals surface area (Å²) in [6.07, 6.45) is 3.08. The molecule has 124 valence electrons. The van der Waals surface area contributed by atoms with Gasteiger partial charge in [0.05, 0.1) is 16.6 Å². The number of fused-ring (bicyclic) bond motifs is 3. The van der Waals surface area contributed by atoms with Gasteiger partial charge in [0.15, 0.2) is 11.1 Å². The Morgan fingerprint density at radius 2 is 2.39 bits per heavy atom. The highest BCUT2D eigenvalue weighted by atomic mass is 35.5. The maximum absolute atomic E-state index is 14.6. The third-order valence-corrected chi connectivity index (χ3v) is 5.64. The summed E-state index contributed by atoms with van der Waals surface area (Å²) in [7, 11) is 0. The first kappa shape index (κ1) is 16.7. The molecule has 0 fully saturated rings. The molecule has 1 aromatic carbocycles. The van der Waals surface area contributed by atoms with Crippen LogP contribution in [0.2, 0.25) is 0 Å². The van der Waals surface area contributed by atoms with E-state index in [0.29, 0.717) is 22.2 Å². The molecule has 0 saturated carbocycles. The van der Waals surface area contributed by atoms with Gasteiger partial charge in [-0.3, -0.25) is 0 Å². The third kappa shape index (κ3) is 2.98. The number of hydrogen-bond acceptors (Lipinski definition) is 4. The number of alkyl halides is 2. The van der Waals surface area contributed by atoms with Crippen molar-refractivity contribution >= 4 is 33.6 Å². The number of aromatic nitrogens is 2. The molecule has 4 unspecified atom stereocenters. The summed E-state index contributed by atoms with van der Waals surface area (Å²) in [6, 6.07) is 3.37. The zero-order valence-corrected chi connectivity index (χ0v) is 14.1. The molecular weight excluding hydrogens is 341 g/mol. The van der Waals surface area contributed by atoms with E-state index in [1.807, 2.05) is 0 Å². The van der Waals surface area contributed by atoms with Gasteiger partial charge in [-0.25, -0.2) is 8.60 Å². The van der Waals surface area contributed by atoms with E-state index >= 15 is 0 Å². The van der Waals surface area contributed by atoms with Crippen molar-refractivity contribution in [3.05, 3.63) is 29.5 Å². The predicted octanol–water partition coefficient (Wildman–Crippen LogP) is 2.88. The van der Waals surface area contributed by atoms with Gasteiger partial charge in [0.1, 0.15) is 11.2 Å². The molecule has 1 aliphatic rings. The molecule has 23 heavy (non-hydrogen) atoms. The highest BCUT2D eigenvalue weighted by molar-refractivity contribution is 7.79. The second-order valence-electron chi connectivity index (χ2n) is 6.11. The van der Waals surface area contributed by atoms with Gasteiger partial charge in [-0.15, -0.1) is 11.6 Å². The van der Waals surface area contributed by atoms with Crippen LogP contribution >= 0.6 is 11.6 Å². The topological polar surface area (TPSA) is 89.1 Å². The van der Waals surface area contributed by atoms with E-state index in [2.05, 4.69) is 10.2 Å². The van der Waals surface area contributed by atoms with Crippen molar-refractivity contribution in [3.8, 4) is 0 Å². The summed E-state index contributed by atoms with van der Waals surface area (Å²) in [5.74, 6) is -0.0924. The zero-order valence-electron chi connectivity index (χ0n) is 12.5. The van der Waals surface area contributed by atoms with E-state index in [1.54, 1.807) is 12.1 Å². The lowest BCUT2D eigenvalue weighted by Gasteiger charge is -2.26. The minimum absolute atomic E-state index is 0.0924. The molecule has 0 amide bonds. The van der Waals surface area contributed by atoms with Crippen molar-refractivity contribution in [3.63, 3.8) is 0 Å². The van der Waals surface area contributed by atoms with Gasteiger partial charge in [0.25, 0.3) is 0 Å². The fourth-order valence-electron chi connectivity index (χ4n) is 3.27. The van der Waals surface area contributed by atoms with Crippen LogP contribution in [-0.4, -0.2) is 30.1 Å². The van der Waals surface area contributed by atoms with Crippen molar-refractivity contribution < 1.29 is 13.2 Å². The maximum Gasteiger partial charge on any atom is 0.187 e. The van der Waals surface area contributed by atoms with E-state index in [4.69, 9.17) is 17.3 Å². The average molecular weight is 358 g/mol. The average Bonchev–Trinajstić information content (AvgIpc) is 2.88. The number of nitrogens with zero attached hydrogens (tertiary/aromatic N) is 2. The van der Waals surface area contributed by atoms with Gasteiger partial charge < -0.3 is 10.3 Å². The molecule has 0 aliphatic heterocycles. The summed E-state index contributed by atoms with van der Waals surface area (Å²) in [6.45, 7) is 1.40. The Labute approximate surface area is 140 Å². The van der Waals surface area contributed by atoms with E-state index in [9.17, 15) is 13.2 Å². The largest absolute Gasteiger partial charge is 0.313 e. The second kappa shape index (κ2) is 6.05. The van der Waals surface area contributed by atoms with Crippen molar-refractivity contribution in [2.75, 3.05) is 0 Å². The van der Waals surface area contributed by atoms with E-state index in [0.717, 1.165) is 17.5 Å². The van der Waals surface area contributed by atoms with Gasteiger partial charge in [0, 0.05) is 5.39 Å². The van der Waals surface area contributed by atoms with Crippen LogP contribution < -0.4 is 5.73 Å². The summed E-state index contributed by atoms with van der Waals surface area (Å²) in [5.41, 5.74) is 5.10. The van der Waals surface area contributed by atoms with Gasteiger partial charge in [0.2, 0.25) is 0 Å². The molecule has 0 saturated heterocycles. The van der Waals surface area contributed by atoms with Crippen LogP contribution in [0.1, 0.15) is 36.8 Å². The molecule has 3 N–H and O–H groups in total. The lowest BCUT2D eigenvalue weighted by Crippen LogP contribution is -2.38. The first-order valence-corrected chi connectivity index (χ1v) is 8.82. The summed E-state index contributed by atoms with van der Waals surface area (Å²) >= 11 is 3.65. The lowest BCUT2D eigenvalue weighted by atomic mass is 9.88. The standard InChI is InChI=1S/C15H17ClFN3O2S/c1-15(17,14(16)18)7-9-3-2-8-6-11(23(21)22)10-4-5-19-20-13(10)12(8)9/h4-6,9,14H,2-3,7,18H2,1H3,(H,21,22). The molecule has 0 bridgehead atoms. The lowest BCUT2D eigenvalue weighted by molar-refractivity contribution is 0.156. The highest BCUT2D eigenvalue weighted by Gasteiger charge is 2.37.